The summed E-state index contributed by atoms with van der Waals surface area (Å²) in [6.07, 6.45) is -4.49. The van der Waals surface area contributed by atoms with Crippen molar-refractivity contribution in [1.82, 2.24) is 4.98 Å². The number of aromatic amines is 1. The third-order valence-corrected chi connectivity index (χ3v) is 5.57. The Labute approximate surface area is 140 Å². The lowest BCUT2D eigenvalue weighted by molar-refractivity contribution is -0.136. The number of thiazole rings is 1. The number of nitrogens with one attached hydrogen (secondary N) is 1. The summed E-state index contributed by atoms with van der Waals surface area (Å²) in [6.45, 7) is 7.43. The minimum absolute atomic E-state index is 0.00719. The minimum atomic E-state index is -4.49. The Bertz CT molecular complexity index is 810. The Morgan fingerprint density at radius 3 is 2.22 bits per heavy atom. The number of fused-ring (bicyclic) bond motifs is 1. The predicted molar refractivity (Wildman–Crippen MR) is 87.7 cm³/mol. The molecule has 2 aromatic rings. The van der Waals surface area contributed by atoms with Crippen molar-refractivity contribution in [3.63, 3.8) is 0 Å². The fourth-order valence-electron chi connectivity index (χ4n) is 2.41. The van der Waals surface area contributed by atoms with Crippen LogP contribution in [0.15, 0.2) is 12.1 Å². The van der Waals surface area contributed by atoms with Gasteiger partial charge < -0.3 is 14.3 Å². The Hall–Kier alpha value is -0.895. The maximum Gasteiger partial charge on any atom is 0.494 e. The lowest BCUT2D eigenvalue weighted by Crippen LogP contribution is -2.41. The van der Waals surface area contributed by atoms with E-state index in [1.165, 1.54) is 0 Å². The van der Waals surface area contributed by atoms with E-state index in [1.807, 2.05) is 27.7 Å². The molecule has 0 atom stereocenters. The number of aromatic nitrogens is 1. The molecule has 1 aliphatic heterocycles. The zero-order valence-electron chi connectivity index (χ0n) is 13.0. The maximum atomic E-state index is 13.4. The van der Waals surface area contributed by atoms with Gasteiger partial charge in [0, 0.05) is 0 Å². The van der Waals surface area contributed by atoms with Gasteiger partial charge in [0.25, 0.3) is 0 Å². The molecule has 1 aromatic heterocycles. The van der Waals surface area contributed by atoms with Crippen molar-refractivity contribution in [2.45, 2.75) is 45.1 Å². The number of benzene rings is 1. The molecule has 2 heterocycles. The highest BCUT2D eigenvalue weighted by Crippen LogP contribution is 2.39. The summed E-state index contributed by atoms with van der Waals surface area (Å²) in [5.41, 5.74) is -1.64. The minimum Gasteiger partial charge on any atom is -0.399 e. The predicted octanol–water partition coefficient (Wildman–Crippen LogP) is 4.28. The summed E-state index contributed by atoms with van der Waals surface area (Å²) in [5.74, 6) is 0. The van der Waals surface area contributed by atoms with E-state index < -0.39 is 30.1 Å². The average Bonchev–Trinajstić information content (AvgIpc) is 2.83. The van der Waals surface area contributed by atoms with E-state index in [0.29, 0.717) is 14.1 Å². The van der Waals surface area contributed by atoms with Crippen LogP contribution >= 0.6 is 23.6 Å². The van der Waals surface area contributed by atoms with Gasteiger partial charge >= 0.3 is 13.3 Å². The van der Waals surface area contributed by atoms with Crippen LogP contribution in [0.5, 0.6) is 0 Å². The van der Waals surface area contributed by atoms with E-state index in [9.17, 15) is 13.2 Å². The van der Waals surface area contributed by atoms with E-state index in [-0.39, 0.29) is 5.52 Å². The van der Waals surface area contributed by atoms with Crippen molar-refractivity contribution in [3.05, 3.63) is 21.7 Å². The molecule has 23 heavy (non-hydrogen) atoms. The molecule has 1 aliphatic rings. The molecular formula is C14H15BF3NO2S2. The second kappa shape index (κ2) is 5.05. The second-order valence-corrected chi connectivity index (χ2v) is 8.26. The van der Waals surface area contributed by atoms with Crippen molar-refractivity contribution >= 4 is 46.4 Å². The summed E-state index contributed by atoms with van der Waals surface area (Å²) in [4.78, 5) is 2.62. The molecule has 0 saturated carbocycles. The lowest BCUT2D eigenvalue weighted by atomic mass is 9.78. The molecule has 1 saturated heterocycles. The second-order valence-electron chi connectivity index (χ2n) is 6.54. The van der Waals surface area contributed by atoms with Gasteiger partial charge in [-0.25, -0.2) is 0 Å². The monoisotopic (exact) mass is 361 g/mol. The standard InChI is InChI=1S/C14H15BF3NO2S2/c1-12(2)13(3,4)21-15(20-12)7-5-8(14(16,17)18)10-9(6-7)23-11(22)19-10/h5-6H,1-4H3,(H,19,22). The van der Waals surface area contributed by atoms with E-state index >= 15 is 0 Å². The summed E-state index contributed by atoms with van der Waals surface area (Å²) < 4.78 is 52.5. The fraction of sp³-hybridized carbons (Fsp3) is 0.500. The SMILES string of the molecule is CC1(C)OB(c2cc(C(F)(F)F)c3[nH]c(=S)sc3c2)OC1(C)C. The molecule has 0 aliphatic carbocycles. The number of alkyl halides is 3. The van der Waals surface area contributed by atoms with Gasteiger partial charge in [-0.1, -0.05) is 0 Å². The van der Waals surface area contributed by atoms with Crippen molar-refractivity contribution < 1.29 is 22.5 Å². The topological polar surface area (TPSA) is 34.2 Å². The Morgan fingerprint density at radius 2 is 1.70 bits per heavy atom. The molecule has 0 spiro atoms. The summed E-state index contributed by atoms with van der Waals surface area (Å²) in [5, 5.41) is 0. The molecule has 1 aromatic carbocycles. The van der Waals surface area contributed by atoms with Crippen LogP contribution in [0.2, 0.25) is 0 Å². The number of hydrogen-bond donors (Lipinski definition) is 1. The number of halogens is 3. The normalized spacial score (nSPS) is 20.4. The van der Waals surface area contributed by atoms with Gasteiger partial charge in [0.1, 0.15) is 0 Å². The third-order valence-electron chi connectivity index (χ3n) is 4.39. The van der Waals surface area contributed by atoms with Crippen LogP contribution < -0.4 is 5.46 Å². The molecule has 124 valence electrons. The van der Waals surface area contributed by atoms with Gasteiger partial charge in [-0.15, -0.1) is 11.3 Å². The van der Waals surface area contributed by atoms with Crippen molar-refractivity contribution in [2.75, 3.05) is 0 Å². The van der Waals surface area contributed by atoms with Crippen LogP contribution in [0, 0.1) is 3.95 Å². The third kappa shape index (κ3) is 2.84. The smallest absolute Gasteiger partial charge is 0.399 e. The molecule has 9 heteroatoms. The van der Waals surface area contributed by atoms with Gasteiger partial charge in [-0.3, -0.25) is 0 Å². The van der Waals surface area contributed by atoms with Crippen LogP contribution in [0.4, 0.5) is 13.2 Å². The first-order valence-corrected chi connectivity index (χ1v) is 8.23. The first kappa shape index (κ1) is 16.9. The number of hydrogen-bond acceptors (Lipinski definition) is 4. The highest BCUT2D eigenvalue weighted by molar-refractivity contribution is 7.73. The summed E-state index contributed by atoms with van der Waals surface area (Å²) in [6, 6.07) is 2.71. The number of H-pyrrole nitrogens is 1. The van der Waals surface area contributed by atoms with Crippen LogP contribution in [-0.2, 0) is 15.5 Å². The van der Waals surface area contributed by atoms with Crippen molar-refractivity contribution in [2.24, 2.45) is 0 Å². The van der Waals surface area contributed by atoms with E-state index in [4.69, 9.17) is 21.5 Å². The highest BCUT2D eigenvalue weighted by Gasteiger charge is 2.52. The van der Waals surface area contributed by atoms with Gasteiger partial charge in [0.05, 0.1) is 27.0 Å². The first-order valence-electron chi connectivity index (χ1n) is 7.00. The van der Waals surface area contributed by atoms with Crippen molar-refractivity contribution in [1.29, 1.82) is 0 Å². The average molecular weight is 361 g/mol. The first-order chi connectivity index (χ1) is 10.4. The molecule has 0 radical (unpaired) electrons. The molecule has 0 unspecified atom stereocenters. The van der Waals surface area contributed by atoms with E-state index in [0.717, 1.165) is 17.4 Å². The van der Waals surface area contributed by atoms with Crippen LogP contribution in [0.1, 0.15) is 33.3 Å². The van der Waals surface area contributed by atoms with Crippen LogP contribution in [-0.4, -0.2) is 23.3 Å². The molecule has 3 nitrogen and oxygen atoms in total. The van der Waals surface area contributed by atoms with Gasteiger partial charge in [-0.2, -0.15) is 13.2 Å². The van der Waals surface area contributed by atoms with Crippen molar-refractivity contribution in [3.8, 4) is 0 Å². The highest BCUT2D eigenvalue weighted by atomic mass is 32.1. The summed E-state index contributed by atoms with van der Waals surface area (Å²) in [7, 11) is -0.846. The lowest BCUT2D eigenvalue weighted by Gasteiger charge is -2.32. The maximum absolute atomic E-state index is 13.4. The Kier molecular flexibility index (Phi) is 3.72. The fourth-order valence-corrected chi connectivity index (χ4v) is 3.59. The van der Waals surface area contributed by atoms with Gasteiger partial charge in [0.2, 0.25) is 0 Å². The van der Waals surface area contributed by atoms with Crippen LogP contribution in [0.3, 0.4) is 0 Å². The zero-order valence-corrected chi connectivity index (χ0v) is 14.6. The molecule has 3 rings (SSSR count). The van der Waals surface area contributed by atoms with Gasteiger partial charge in [-0.05, 0) is 57.5 Å². The summed E-state index contributed by atoms with van der Waals surface area (Å²) >= 11 is 6.08. The molecule has 1 fully saturated rings. The Balaban J connectivity index is 2.15. The quantitative estimate of drug-likeness (QED) is 0.608. The zero-order chi connectivity index (χ0) is 17.2. The molecule has 1 N–H and O–H groups in total. The van der Waals surface area contributed by atoms with Gasteiger partial charge in [0.15, 0.2) is 3.95 Å². The van der Waals surface area contributed by atoms with Crippen LogP contribution in [0.25, 0.3) is 10.2 Å². The molecule has 0 amide bonds. The van der Waals surface area contributed by atoms with E-state index in [1.54, 1.807) is 6.07 Å². The molecule has 0 bridgehead atoms. The molecular weight excluding hydrogens is 346 g/mol. The number of rotatable bonds is 1. The Morgan fingerprint density at radius 1 is 1.13 bits per heavy atom. The largest absolute Gasteiger partial charge is 0.494 e. The van der Waals surface area contributed by atoms with E-state index in [2.05, 4.69) is 4.98 Å².